The Morgan fingerprint density at radius 1 is 1.00 bits per heavy atom. The van der Waals surface area contributed by atoms with E-state index in [-0.39, 0.29) is 5.38 Å². The molecule has 92 valence electrons. The summed E-state index contributed by atoms with van der Waals surface area (Å²) in [5.41, 5.74) is 0. The largest absolute Gasteiger partial charge is 0.500 e. The van der Waals surface area contributed by atoms with Gasteiger partial charge >= 0.3 is 8.80 Å². The van der Waals surface area contributed by atoms with Crippen molar-refractivity contribution in [1.29, 1.82) is 0 Å². The third-order valence-electron chi connectivity index (χ3n) is 1.94. The molecule has 0 spiro atoms. The summed E-state index contributed by atoms with van der Waals surface area (Å²) in [5, 5.41) is 0.137. The van der Waals surface area contributed by atoms with Gasteiger partial charge in [0.25, 0.3) is 0 Å². The molecule has 0 saturated carbocycles. The molecule has 3 nitrogen and oxygen atoms in total. The van der Waals surface area contributed by atoms with Crippen LogP contribution in [-0.4, -0.2) is 34.0 Å². The second-order valence-corrected chi connectivity index (χ2v) is 6.78. The van der Waals surface area contributed by atoms with Gasteiger partial charge in [0, 0.05) is 31.2 Å². The van der Waals surface area contributed by atoms with Crippen molar-refractivity contribution >= 4 is 20.4 Å². The molecule has 0 aliphatic rings. The van der Waals surface area contributed by atoms with Gasteiger partial charge in [-0.1, -0.05) is 0 Å². The molecule has 1 atom stereocenters. The fourth-order valence-corrected chi connectivity index (χ4v) is 4.46. The molecule has 0 N–H and O–H groups in total. The first kappa shape index (κ1) is 15.4. The SMILES string of the molecule is CCO[Si](CCC(C)Cl)(OCC)OCC. The summed E-state index contributed by atoms with van der Waals surface area (Å²) in [5.74, 6) is 0. The lowest BCUT2D eigenvalue weighted by Gasteiger charge is -2.28. The summed E-state index contributed by atoms with van der Waals surface area (Å²) in [4.78, 5) is 0. The maximum atomic E-state index is 5.94. The summed E-state index contributed by atoms with van der Waals surface area (Å²) >= 11 is 5.94. The van der Waals surface area contributed by atoms with Crippen LogP contribution in [0.4, 0.5) is 0 Å². The van der Waals surface area contributed by atoms with Gasteiger partial charge in [-0.15, -0.1) is 11.6 Å². The lowest BCUT2D eigenvalue weighted by molar-refractivity contribution is 0.0708. The van der Waals surface area contributed by atoms with Crippen LogP contribution in [0.5, 0.6) is 0 Å². The fourth-order valence-electron chi connectivity index (χ4n) is 1.38. The van der Waals surface area contributed by atoms with Gasteiger partial charge in [0.2, 0.25) is 0 Å². The molecule has 0 aromatic rings. The standard InChI is InChI=1S/C10H23ClO3Si/c1-5-12-15(13-6-2,14-7-3)9-8-10(4)11/h10H,5-9H2,1-4H3. The van der Waals surface area contributed by atoms with Crippen molar-refractivity contribution in [2.75, 3.05) is 19.8 Å². The Morgan fingerprint density at radius 3 is 1.67 bits per heavy atom. The number of rotatable bonds is 9. The van der Waals surface area contributed by atoms with Crippen molar-refractivity contribution in [3.05, 3.63) is 0 Å². The van der Waals surface area contributed by atoms with Crippen LogP contribution in [0, 0.1) is 0 Å². The van der Waals surface area contributed by atoms with E-state index >= 15 is 0 Å². The molecule has 0 saturated heterocycles. The van der Waals surface area contributed by atoms with Crippen molar-refractivity contribution < 1.29 is 13.3 Å². The fraction of sp³-hybridized carbons (Fsp3) is 1.00. The Labute approximate surface area is 99.4 Å². The second kappa shape index (κ2) is 8.53. The molecule has 0 aromatic heterocycles. The molecule has 0 heterocycles. The summed E-state index contributed by atoms with van der Waals surface area (Å²) < 4.78 is 17.1. The minimum Gasteiger partial charge on any atom is -0.374 e. The number of hydrogen-bond acceptors (Lipinski definition) is 3. The maximum absolute atomic E-state index is 5.94. The summed E-state index contributed by atoms with van der Waals surface area (Å²) in [7, 11) is -2.44. The minimum absolute atomic E-state index is 0.137. The van der Waals surface area contributed by atoms with Crippen molar-refractivity contribution in [3.8, 4) is 0 Å². The quantitative estimate of drug-likeness (QED) is 0.468. The van der Waals surface area contributed by atoms with Gasteiger partial charge in [-0.05, 0) is 34.1 Å². The van der Waals surface area contributed by atoms with Gasteiger partial charge in [0.15, 0.2) is 0 Å². The first-order chi connectivity index (χ1) is 7.10. The van der Waals surface area contributed by atoms with Gasteiger partial charge in [-0.3, -0.25) is 0 Å². The summed E-state index contributed by atoms with van der Waals surface area (Å²) in [6.07, 6.45) is 0.869. The van der Waals surface area contributed by atoms with E-state index in [1.54, 1.807) is 0 Å². The summed E-state index contributed by atoms with van der Waals surface area (Å²) in [6.45, 7) is 9.75. The zero-order valence-corrected chi connectivity index (χ0v) is 12.0. The van der Waals surface area contributed by atoms with E-state index in [9.17, 15) is 0 Å². The highest BCUT2D eigenvalue weighted by Gasteiger charge is 2.39. The van der Waals surface area contributed by atoms with Crippen LogP contribution in [0.25, 0.3) is 0 Å². The Bertz CT molecular complexity index is 139. The van der Waals surface area contributed by atoms with E-state index in [0.29, 0.717) is 19.8 Å². The third kappa shape index (κ3) is 6.53. The van der Waals surface area contributed by atoms with E-state index in [1.165, 1.54) is 0 Å². The summed E-state index contributed by atoms with van der Waals surface area (Å²) in [6, 6.07) is 0.799. The Morgan fingerprint density at radius 2 is 1.40 bits per heavy atom. The van der Waals surface area contributed by atoms with Gasteiger partial charge in [-0.2, -0.15) is 0 Å². The van der Waals surface area contributed by atoms with Gasteiger partial charge in [-0.25, -0.2) is 0 Å². The lowest BCUT2D eigenvalue weighted by Crippen LogP contribution is -2.46. The molecule has 5 heteroatoms. The smallest absolute Gasteiger partial charge is 0.374 e. The average Bonchev–Trinajstić information content (AvgIpc) is 2.16. The molecule has 0 amide bonds. The first-order valence-corrected chi connectivity index (χ1v) is 8.03. The molecular weight excluding hydrogens is 232 g/mol. The highest BCUT2D eigenvalue weighted by molar-refractivity contribution is 6.60. The number of hydrogen-bond donors (Lipinski definition) is 0. The molecule has 0 rings (SSSR count). The topological polar surface area (TPSA) is 27.7 Å². The molecule has 0 radical (unpaired) electrons. The Balaban J connectivity index is 4.31. The van der Waals surface area contributed by atoms with Crippen molar-refractivity contribution in [2.24, 2.45) is 0 Å². The van der Waals surface area contributed by atoms with Crippen LogP contribution in [-0.2, 0) is 13.3 Å². The van der Waals surface area contributed by atoms with Gasteiger partial charge in [0.1, 0.15) is 0 Å². The van der Waals surface area contributed by atoms with E-state index < -0.39 is 8.80 Å². The minimum atomic E-state index is -2.44. The second-order valence-electron chi connectivity index (χ2n) is 3.30. The van der Waals surface area contributed by atoms with Crippen molar-refractivity contribution in [1.82, 2.24) is 0 Å². The monoisotopic (exact) mass is 254 g/mol. The van der Waals surface area contributed by atoms with Crippen LogP contribution in [0.3, 0.4) is 0 Å². The van der Waals surface area contributed by atoms with E-state index in [4.69, 9.17) is 24.9 Å². The molecule has 1 unspecified atom stereocenters. The van der Waals surface area contributed by atoms with Crippen molar-refractivity contribution in [3.63, 3.8) is 0 Å². The molecule has 0 fully saturated rings. The highest BCUT2D eigenvalue weighted by Crippen LogP contribution is 2.20. The zero-order valence-electron chi connectivity index (χ0n) is 10.2. The number of halogens is 1. The first-order valence-electron chi connectivity index (χ1n) is 5.66. The van der Waals surface area contributed by atoms with E-state index in [2.05, 4.69) is 0 Å². The predicted molar refractivity (Wildman–Crippen MR) is 65.4 cm³/mol. The number of alkyl halides is 1. The van der Waals surface area contributed by atoms with Crippen molar-refractivity contribution in [2.45, 2.75) is 45.5 Å². The molecule has 0 aromatic carbocycles. The van der Waals surface area contributed by atoms with E-state index in [1.807, 2.05) is 27.7 Å². The van der Waals surface area contributed by atoms with Gasteiger partial charge < -0.3 is 13.3 Å². The van der Waals surface area contributed by atoms with Crippen LogP contribution in [0.2, 0.25) is 6.04 Å². The highest BCUT2D eigenvalue weighted by atomic mass is 35.5. The van der Waals surface area contributed by atoms with Crippen LogP contribution >= 0.6 is 11.6 Å². The molecule has 15 heavy (non-hydrogen) atoms. The third-order valence-corrected chi connectivity index (χ3v) is 5.25. The lowest BCUT2D eigenvalue weighted by atomic mass is 10.4. The normalized spacial score (nSPS) is 14.2. The van der Waals surface area contributed by atoms with Crippen LogP contribution in [0.1, 0.15) is 34.1 Å². The maximum Gasteiger partial charge on any atom is 0.500 e. The zero-order chi connectivity index (χ0) is 11.7. The van der Waals surface area contributed by atoms with Crippen LogP contribution in [0.15, 0.2) is 0 Å². The molecule has 0 aliphatic heterocycles. The Kier molecular flexibility index (Phi) is 8.75. The molecule has 0 aliphatic carbocycles. The van der Waals surface area contributed by atoms with Crippen LogP contribution < -0.4 is 0 Å². The van der Waals surface area contributed by atoms with Gasteiger partial charge in [0.05, 0.1) is 0 Å². The van der Waals surface area contributed by atoms with E-state index in [0.717, 1.165) is 12.5 Å². The Hall–Kier alpha value is 0.387. The molecule has 0 bridgehead atoms. The average molecular weight is 255 g/mol. The predicted octanol–water partition coefficient (Wildman–Crippen LogP) is 3.05. The molecular formula is C10H23ClO3Si.